The molecule has 2 aromatic carbocycles. The summed E-state index contributed by atoms with van der Waals surface area (Å²) in [7, 11) is 0. The van der Waals surface area contributed by atoms with Crippen LogP contribution in [0.5, 0.6) is 0 Å². The van der Waals surface area contributed by atoms with Crippen LogP contribution in [0.25, 0.3) is 0 Å². The molecule has 2 aromatic rings. The molecule has 0 heterocycles. The van der Waals surface area contributed by atoms with Gasteiger partial charge in [0.05, 0.1) is 0 Å². The van der Waals surface area contributed by atoms with Gasteiger partial charge in [-0.2, -0.15) is 0 Å². The first-order valence-electron chi connectivity index (χ1n) is 8.30. The van der Waals surface area contributed by atoms with Gasteiger partial charge >= 0.3 is 0 Å². The van der Waals surface area contributed by atoms with Crippen LogP contribution in [0.15, 0.2) is 59.5 Å². The average molecular weight is 360 g/mol. The highest BCUT2D eigenvalue weighted by Crippen LogP contribution is 2.18. The summed E-state index contributed by atoms with van der Waals surface area (Å²) in [6.45, 7) is 7.21. The second-order valence-electron chi connectivity index (χ2n) is 5.26. The highest BCUT2D eigenvalue weighted by Gasteiger charge is 2.02. The lowest BCUT2D eigenvalue weighted by Gasteiger charge is -2.21. The van der Waals surface area contributed by atoms with Gasteiger partial charge in [-0.05, 0) is 62.5 Å². The van der Waals surface area contributed by atoms with Crippen molar-refractivity contribution in [3.05, 3.63) is 54.6 Å². The van der Waals surface area contributed by atoms with E-state index in [-0.39, 0.29) is 0 Å². The second-order valence-corrected chi connectivity index (χ2v) is 6.84. The third-order valence-corrected chi connectivity index (χ3v) is 4.91. The largest absolute Gasteiger partial charge is 0.372 e. The van der Waals surface area contributed by atoms with Gasteiger partial charge in [0.25, 0.3) is 0 Å². The van der Waals surface area contributed by atoms with Crippen LogP contribution in [0.2, 0.25) is 0 Å². The molecule has 0 spiro atoms. The summed E-state index contributed by atoms with van der Waals surface area (Å²) in [4.78, 5) is 3.60. The maximum atomic E-state index is 5.35. The molecule has 2 rings (SSSR count). The van der Waals surface area contributed by atoms with E-state index < -0.39 is 0 Å². The number of anilines is 2. The highest BCUT2D eigenvalue weighted by molar-refractivity contribution is 7.99. The molecule has 0 radical (unpaired) electrons. The Morgan fingerprint density at radius 1 is 1.00 bits per heavy atom. The van der Waals surface area contributed by atoms with Gasteiger partial charge in [0.1, 0.15) is 0 Å². The van der Waals surface area contributed by atoms with Crippen LogP contribution < -0.4 is 15.5 Å². The number of hydrogen-bond donors (Lipinski definition) is 2. The SMILES string of the molecule is CCN(CC)c1ccc(NC(=S)NCCSc2ccccc2)cc1. The first-order chi connectivity index (χ1) is 11.7. The summed E-state index contributed by atoms with van der Waals surface area (Å²) in [6.07, 6.45) is 0. The molecule has 0 atom stereocenters. The number of benzene rings is 2. The van der Waals surface area contributed by atoms with Crippen molar-refractivity contribution in [3.8, 4) is 0 Å². The summed E-state index contributed by atoms with van der Waals surface area (Å²) >= 11 is 7.18. The Labute approximate surface area is 154 Å². The van der Waals surface area contributed by atoms with Crippen LogP contribution in [-0.4, -0.2) is 30.5 Å². The van der Waals surface area contributed by atoms with Crippen LogP contribution in [-0.2, 0) is 0 Å². The van der Waals surface area contributed by atoms with E-state index in [9.17, 15) is 0 Å². The highest BCUT2D eigenvalue weighted by atomic mass is 32.2. The number of hydrogen-bond acceptors (Lipinski definition) is 3. The van der Waals surface area contributed by atoms with Crippen LogP contribution in [0.3, 0.4) is 0 Å². The van der Waals surface area contributed by atoms with E-state index in [1.807, 2.05) is 17.8 Å². The zero-order valence-electron chi connectivity index (χ0n) is 14.3. The van der Waals surface area contributed by atoms with E-state index in [1.165, 1.54) is 10.6 Å². The van der Waals surface area contributed by atoms with Crippen LogP contribution in [0.4, 0.5) is 11.4 Å². The number of nitrogens with zero attached hydrogens (tertiary/aromatic N) is 1. The van der Waals surface area contributed by atoms with Crippen molar-refractivity contribution in [2.24, 2.45) is 0 Å². The van der Waals surface area contributed by atoms with Gasteiger partial charge in [0, 0.05) is 41.7 Å². The molecule has 3 nitrogen and oxygen atoms in total. The van der Waals surface area contributed by atoms with E-state index >= 15 is 0 Å². The van der Waals surface area contributed by atoms with Gasteiger partial charge < -0.3 is 15.5 Å². The third-order valence-electron chi connectivity index (χ3n) is 3.65. The molecule has 0 saturated heterocycles. The number of nitrogens with one attached hydrogen (secondary N) is 2. The Morgan fingerprint density at radius 3 is 2.29 bits per heavy atom. The summed E-state index contributed by atoms with van der Waals surface area (Å²) in [5, 5.41) is 7.15. The summed E-state index contributed by atoms with van der Waals surface area (Å²) in [5.41, 5.74) is 2.25. The molecule has 0 aliphatic carbocycles. The fourth-order valence-electron chi connectivity index (χ4n) is 2.37. The molecule has 0 saturated carbocycles. The maximum absolute atomic E-state index is 5.35. The molecule has 0 unspecified atom stereocenters. The first-order valence-corrected chi connectivity index (χ1v) is 9.70. The van der Waals surface area contributed by atoms with Gasteiger partial charge in [0.2, 0.25) is 0 Å². The molecule has 0 amide bonds. The predicted molar refractivity (Wildman–Crippen MR) is 111 cm³/mol. The lowest BCUT2D eigenvalue weighted by Crippen LogP contribution is -2.30. The normalized spacial score (nSPS) is 10.2. The second kappa shape index (κ2) is 10.2. The molecule has 128 valence electrons. The topological polar surface area (TPSA) is 27.3 Å². The van der Waals surface area contributed by atoms with E-state index in [0.29, 0.717) is 5.11 Å². The smallest absolute Gasteiger partial charge is 0.170 e. The van der Waals surface area contributed by atoms with Gasteiger partial charge in [-0.15, -0.1) is 11.8 Å². The zero-order valence-corrected chi connectivity index (χ0v) is 15.9. The average Bonchev–Trinajstić information content (AvgIpc) is 2.62. The Kier molecular flexibility index (Phi) is 7.92. The Morgan fingerprint density at radius 2 is 1.67 bits per heavy atom. The zero-order chi connectivity index (χ0) is 17.2. The van der Waals surface area contributed by atoms with Gasteiger partial charge in [0.15, 0.2) is 5.11 Å². The Bertz CT molecular complexity index is 610. The van der Waals surface area contributed by atoms with Crippen LogP contribution in [0.1, 0.15) is 13.8 Å². The fraction of sp³-hybridized carbons (Fsp3) is 0.316. The summed E-state index contributed by atoms with van der Waals surface area (Å²) in [6, 6.07) is 18.8. The van der Waals surface area contributed by atoms with Crippen molar-refractivity contribution >= 4 is 40.5 Å². The predicted octanol–water partition coefficient (Wildman–Crippen LogP) is 4.61. The molecule has 5 heteroatoms. The van der Waals surface area contributed by atoms with E-state index in [0.717, 1.165) is 31.1 Å². The lowest BCUT2D eigenvalue weighted by atomic mass is 10.2. The minimum Gasteiger partial charge on any atom is -0.372 e. The third kappa shape index (κ3) is 6.06. The standard InChI is InChI=1S/C19H25N3S2/c1-3-22(4-2)17-12-10-16(11-13-17)21-19(23)20-14-15-24-18-8-6-5-7-9-18/h5-13H,3-4,14-15H2,1-2H3,(H2,20,21,23). The molecule has 2 N–H and O–H groups in total. The lowest BCUT2D eigenvalue weighted by molar-refractivity contribution is 0.866. The van der Waals surface area contributed by atoms with Crippen molar-refractivity contribution in [1.29, 1.82) is 0 Å². The molecule has 0 aromatic heterocycles. The molecule has 0 aliphatic rings. The molecular weight excluding hydrogens is 334 g/mol. The summed E-state index contributed by atoms with van der Waals surface area (Å²) in [5.74, 6) is 0.979. The van der Waals surface area contributed by atoms with Crippen LogP contribution in [0, 0.1) is 0 Å². The molecule has 0 aliphatic heterocycles. The molecule has 24 heavy (non-hydrogen) atoms. The van der Waals surface area contributed by atoms with E-state index in [4.69, 9.17) is 12.2 Å². The minimum absolute atomic E-state index is 0.666. The van der Waals surface area contributed by atoms with E-state index in [1.54, 1.807) is 0 Å². The number of thiocarbonyl (C=S) groups is 1. The van der Waals surface area contributed by atoms with E-state index in [2.05, 4.69) is 77.9 Å². The van der Waals surface area contributed by atoms with Crippen molar-refractivity contribution in [2.75, 3.05) is 35.6 Å². The molecule has 0 fully saturated rings. The molecular formula is C19H25N3S2. The fourth-order valence-corrected chi connectivity index (χ4v) is 3.38. The van der Waals surface area contributed by atoms with Crippen molar-refractivity contribution < 1.29 is 0 Å². The van der Waals surface area contributed by atoms with Crippen molar-refractivity contribution in [1.82, 2.24) is 5.32 Å². The van der Waals surface area contributed by atoms with Crippen molar-refractivity contribution in [2.45, 2.75) is 18.7 Å². The van der Waals surface area contributed by atoms with Gasteiger partial charge in [-0.25, -0.2) is 0 Å². The molecule has 0 bridgehead atoms. The summed E-state index contributed by atoms with van der Waals surface area (Å²) < 4.78 is 0. The Hall–Kier alpha value is -1.72. The van der Waals surface area contributed by atoms with Gasteiger partial charge in [-0.1, -0.05) is 18.2 Å². The minimum atomic E-state index is 0.666. The number of rotatable bonds is 8. The maximum Gasteiger partial charge on any atom is 0.170 e. The van der Waals surface area contributed by atoms with Gasteiger partial charge in [-0.3, -0.25) is 0 Å². The Balaban J connectivity index is 1.72. The number of thioether (sulfide) groups is 1. The van der Waals surface area contributed by atoms with Crippen molar-refractivity contribution in [3.63, 3.8) is 0 Å². The monoisotopic (exact) mass is 359 g/mol. The van der Waals surface area contributed by atoms with Crippen LogP contribution >= 0.6 is 24.0 Å². The quantitative estimate of drug-likeness (QED) is 0.408. The first kappa shape index (κ1) is 18.6.